The molecular weight excluding hydrogens is 238 g/mol. The molecule has 2 N–H and O–H groups in total. The van der Waals surface area contributed by atoms with Crippen LogP contribution in [-0.2, 0) is 18.4 Å². The SMILES string of the molecule is Cn1cnc(CNC(=O)N2CCCC2C(=O)O)n1. The van der Waals surface area contributed by atoms with Gasteiger partial charge in [0.25, 0.3) is 0 Å². The van der Waals surface area contributed by atoms with Crippen LogP contribution >= 0.6 is 0 Å². The Balaban J connectivity index is 1.89. The Kier molecular flexibility index (Phi) is 3.45. The molecule has 1 aromatic rings. The maximum Gasteiger partial charge on any atom is 0.326 e. The second-order valence-electron chi connectivity index (χ2n) is 4.18. The van der Waals surface area contributed by atoms with E-state index in [0.29, 0.717) is 25.2 Å². The number of urea groups is 1. The summed E-state index contributed by atoms with van der Waals surface area (Å²) in [6, 6.07) is -1.10. The van der Waals surface area contributed by atoms with Gasteiger partial charge in [-0.2, -0.15) is 5.10 Å². The van der Waals surface area contributed by atoms with Crippen molar-refractivity contribution in [1.29, 1.82) is 0 Å². The number of hydrogen-bond acceptors (Lipinski definition) is 4. The van der Waals surface area contributed by atoms with Gasteiger partial charge in [0.1, 0.15) is 12.4 Å². The van der Waals surface area contributed by atoms with Crippen LogP contribution in [0.25, 0.3) is 0 Å². The Hall–Kier alpha value is -2.12. The lowest BCUT2D eigenvalue weighted by Crippen LogP contribution is -2.45. The summed E-state index contributed by atoms with van der Waals surface area (Å²) in [6.07, 6.45) is 2.76. The predicted molar refractivity (Wildman–Crippen MR) is 60.6 cm³/mol. The zero-order valence-electron chi connectivity index (χ0n) is 10.0. The van der Waals surface area contributed by atoms with Crippen molar-refractivity contribution < 1.29 is 14.7 Å². The highest BCUT2D eigenvalue weighted by Crippen LogP contribution is 2.17. The van der Waals surface area contributed by atoms with E-state index < -0.39 is 12.0 Å². The minimum atomic E-state index is -0.960. The predicted octanol–water partition coefficient (Wildman–Crippen LogP) is -0.426. The van der Waals surface area contributed by atoms with Crippen molar-refractivity contribution in [3.63, 3.8) is 0 Å². The minimum Gasteiger partial charge on any atom is -0.480 e. The van der Waals surface area contributed by atoms with Gasteiger partial charge < -0.3 is 15.3 Å². The first-order valence-electron chi connectivity index (χ1n) is 5.69. The molecule has 98 valence electrons. The summed E-state index contributed by atoms with van der Waals surface area (Å²) in [5, 5.41) is 15.6. The van der Waals surface area contributed by atoms with Crippen molar-refractivity contribution in [2.24, 2.45) is 7.05 Å². The molecule has 1 aliphatic heterocycles. The minimum absolute atomic E-state index is 0.197. The van der Waals surface area contributed by atoms with Crippen LogP contribution in [0.2, 0.25) is 0 Å². The van der Waals surface area contributed by atoms with Crippen molar-refractivity contribution in [1.82, 2.24) is 25.0 Å². The number of aryl methyl sites for hydroxylation is 1. The topological polar surface area (TPSA) is 100 Å². The lowest BCUT2D eigenvalue weighted by atomic mass is 10.2. The highest BCUT2D eigenvalue weighted by Gasteiger charge is 2.33. The fraction of sp³-hybridized carbons (Fsp3) is 0.600. The number of hydrogen-bond donors (Lipinski definition) is 2. The monoisotopic (exact) mass is 253 g/mol. The maximum atomic E-state index is 11.8. The van der Waals surface area contributed by atoms with Gasteiger partial charge in [-0.05, 0) is 12.8 Å². The molecular formula is C10H15N5O3. The molecule has 0 bridgehead atoms. The molecule has 18 heavy (non-hydrogen) atoms. The van der Waals surface area contributed by atoms with Gasteiger partial charge in [-0.3, -0.25) is 4.68 Å². The first-order chi connectivity index (χ1) is 8.58. The van der Waals surface area contributed by atoms with Gasteiger partial charge in [-0.15, -0.1) is 0 Å². The molecule has 0 radical (unpaired) electrons. The van der Waals surface area contributed by atoms with Crippen molar-refractivity contribution in [2.75, 3.05) is 6.54 Å². The van der Waals surface area contributed by atoms with Gasteiger partial charge in [-0.25, -0.2) is 14.6 Å². The number of aromatic nitrogens is 3. The average Bonchev–Trinajstić information content (AvgIpc) is 2.94. The number of likely N-dealkylation sites (tertiary alicyclic amines) is 1. The van der Waals surface area contributed by atoms with E-state index in [1.165, 1.54) is 15.9 Å². The molecule has 2 rings (SSSR count). The molecule has 8 heteroatoms. The van der Waals surface area contributed by atoms with Crippen molar-refractivity contribution in [3.8, 4) is 0 Å². The summed E-state index contributed by atoms with van der Waals surface area (Å²) in [6.45, 7) is 0.668. The molecule has 0 aromatic carbocycles. The maximum absolute atomic E-state index is 11.8. The summed E-state index contributed by atoms with van der Waals surface area (Å²) in [5.41, 5.74) is 0. The molecule has 1 aliphatic rings. The molecule has 1 unspecified atom stereocenters. The average molecular weight is 253 g/mol. The van der Waals surface area contributed by atoms with Crippen LogP contribution in [0, 0.1) is 0 Å². The quantitative estimate of drug-likeness (QED) is 0.761. The molecule has 0 aliphatic carbocycles. The van der Waals surface area contributed by atoms with E-state index >= 15 is 0 Å². The lowest BCUT2D eigenvalue weighted by molar-refractivity contribution is -0.141. The first kappa shape index (κ1) is 12.3. The number of carboxylic acids is 1. The number of carboxylic acid groups (broad SMARTS) is 1. The fourth-order valence-electron chi connectivity index (χ4n) is 1.99. The van der Waals surface area contributed by atoms with Crippen LogP contribution in [0.5, 0.6) is 0 Å². The standard InChI is InChI=1S/C10H15N5O3/c1-14-6-12-8(13-14)5-11-10(18)15-4-2-3-7(15)9(16)17/h6-7H,2-5H2,1H3,(H,11,18)(H,16,17). The highest BCUT2D eigenvalue weighted by atomic mass is 16.4. The molecule has 1 saturated heterocycles. The zero-order valence-corrected chi connectivity index (χ0v) is 10.0. The van der Waals surface area contributed by atoms with Crippen molar-refractivity contribution >= 4 is 12.0 Å². The van der Waals surface area contributed by atoms with E-state index in [-0.39, 0.29) is 12.6 Å². The largest absolute Gasteiger partial charge is 0.480 e. The third kappa shape index (κ3) is 2.58. The van der Waals surface area contributed by atoms with E-state index in [2.05, 4.69) is 15.4 Å². The molecule has 1 atom stereocenters. The van der Waals surface area contributed by atoms with Gasteiger partial charge >= 0.3 is 12.0 Å². The van der Waals surface area contributed by atoms with Crippen LogP contribution in [-0.4, -0.2) is 49.4 Å². The van der Waals surface area contributed by atoms with Crippen LogP contribution < -0.4 is 5.32 Å². The number of nitrogens with one attached hydrogen (secondary N) is 1. The van der Waals surface area contributed by atoms with Crippen molar-refractivity contribution in [2.45, 2.75) is 25.4 Å². The Morgan fingerprint density at radius 3 is 3.00 bits per heavy atom. The summed E-state index contributed by atoms with van der Waals surface area (Å²) in [5.74, 6) is -0.462. The third-order valence-electron chi connectivity index (χ3n) is 2.84. The number of aliphatic carboxylic acids is 1. The van der Waals surface area contributed by atoms with Gasteiger partial charge in [0.15, 0.2) is 5.82 Å². The summed E-state index contributed by atoms with van der Waals surface area (Å²) in [7, 11) is 1.74. The normalized spacial score (nSPS) is 18.9. The number of carbonyl (C=O) groups excluding carboxylic acids is 1. The van der Waals surface area contributed by atoms with Gasteiger partial charge in [0.05, 0.1) is 6.54 Å². The Morgan fingerprint density at radius 2 is 2.39 bits per heavy atom. The molecule has 0 spiro atoms. The highest BCUT2D eigenvalue weighted by molar-refractivity contribution is 5.83. The molecule has 8 nitrogen and oxygen atoms in total. The first-order valence-corrected chi connectivity index (χ1v) is 5.69. The van der Waals surface area contributed by atoms with Crippen LogP contribution in [0.3, 0.4) is 0 Å². The van der Waals surface area contributed by atoms with Crippen LogP contribution in [0.1, 0.15) is 18.7 Å². The van der Waals surface area contributed by atoms with E-state index in [9.17, 15) is 9.59 Å². The van der Waals surface area contributed by atoms with E-state index in [1.807, 2.05) is 0 Å². The lowest BCUT2D eigenvalue weighted by Gasteiger charge is -2.21. The number of rotatable bonds is 3. The van der Waals surface area contributed by atoms with Crippen LogP contribution in [0.15, 0.2) is 6.33 Å². The molecule has 2 amide bonds. The van der Waals surface area contributed by atoms with E-state index in [1.54, 1.807) is 7.05 Å². The molecule has 1 aromatic heterocycles. The van der Waals surface area contributed by atoms with Gasteiger partial charge in [-0.1, -0.05) is 0 Å². The Labute approximate surface area is 104 Å². The van der Waals surface area contributed by atoms with Crippen LogP contribution in [0.4, 0.5) is 4.79 Å². The fourth-order valence-corrected chi connectivity index (χ4v) is 1.99. The van der Waals surface area contributed by atoms with Crippen molar-refractivity contribution in [3.05, 3.63) is 12.2 Å². The zero-order chi connectivity index (χ0) is 13.1. The molecule has 0 saturated carbocycles. The van der Waals surface area contributed by atoms with Gasteiger partial charge in [0.2, 0.25) is 0 Å². The summed E-state index contributed by atoms with van der Waals surface area (Å²) in [4.78, 5) is 28.1. The number of carbonyl (C=O) groups is 2. The third-order valence-corrected chi connectivity index (χ3v) is 2.84. The van der Waals surface area contributed by atoms with E-state index in [0.717, 1.165) is 0 Å². The Bertz CT molecular complexity index is 458. The van der Waals surface area contributed by atoms with Gasteiger partial charge in [0, 0.05) is 13.6 Å². The number of amides is 2. The second kappa shape index (κ2) is 5.03. The summed E-state index contributed by atoms with van der Waals surface area (Å²) >= 11 is 0. The smallest absolute Gasteiger partial charge is 0.326 e. The molecule has 1 fully saturated rings. The Morgan fingerprint density at radius 1 is 1.61 bits per heavy atom. The molecule has 2 heterocycles. The second-order valence-corrected chi connectivity index (χ2v) is 4.18. The summed E-state index contributed by atoms with van der Waals surface area (Å²) < 4.78 is 1.54. The number of nitrogens with zero attached hydrogens (tertiary/aromatic N) is 4. The van der Waals surface area contributed by atoms with E-state index in [4.69, 9.17) is 5.11 Å².